The first-order chi connectivity index (χ1) is 16.5. The molecule has 0 spiro atoms. The van der Waals surface area contributed by atoms with E-state index in [4.69, 9.17) is 20.8 Å². The number of thiazole rings is 1. The van der Waals surface area contributed by atoms with Crippen molar-refractivity contribution in [2.24, 2.45) is 0 Å². The van der Waals surface area contributed by atoms with Crippen LogP contribution in [0.25, 0.3) is 21.3 Å². The molecule has 7 nitrogen and oxygen atoms in total. The van der Waals surface area contributed by atoms with Gasteiger partial charge in [0.2, 0.25) is 5.91 Å². The van der Waals surface area contributed by atoms with Crippen LogP contribution in [0.15, 0.2) is 36.4 Å². The summed E-state index contributed by atoms with van der Waals surface area (Å²) in [5.74, 6) is -1.51. The van der Waals surface area contributed by atoms with E-state index in [-0.39, 0.29) is 30.0 Å². The third-order valence-electron chi connectivity index (χ3n) is 5.83. The number of aromatic nitrogens is 1. The summed E-state index contributed by atoms with van der Waals surface area (Å²) in [7, 11) is 0. The highest BCUT2D eigenvalue weighted by Crippen LogP contribution is 2.35. The minimum Gasteiger partial charge on any atom is -0.429 e. The van der Waals surface area contributed by atoms with Crippen LogP contribution in [0.2, 0.25) is 0 Å². The highest BCUT2D eigenvalue weighted by Gasteiger charge is 2.44. The van der Waals surface area contributed by atoms with Crippen molar-refractivity contribution in [2.45, 2.75) is 57.4 Å². The lowest BCUT2D eigenvalue weighted by Gasteiger charge is -2.19. The number of ether oxygens (including phenoxy) is 1. The Balaban J connectivity index is 1.42. The van der Waals surface area contributed by atoms with Gasteiger partial charge in [0.15, 0.2) is 11.8 Å². The zero-order valence-corrected chi connectivity index (χ0v) is 20.6. The maximum absolute atomic E-state index is 15.3. The second-order valence-corrected chi connectivity index (χ2v) is 10.8. The van der Waals surface area contributed by atoms with Crippen LogP contribution in [-0.4, -0.2) is 28.2 Å². The van der Waals surface area contributed by atoms with Gasteiger partial charge in [-0.2, -0.15) is 5.26 Å². The lowest BCUT2D eigenvalue weighted by atomic mass is 9.86. The van der Waals surface area contributed by atoms with Crippen LogP contribution >= 0.6 is 11.3 Å². The quantitative estimate of drug-likeness (QED) is 0.312. The van der Waals surface area contributed by atoms with E-state index in [0.717, 1.165) is 16.9 Å². The maximum Gasteiger partial charge on any atom is 0.230 e. The van der Waals surface area contributed by atoms with Crippen molar-refractivity contribution < 1.29 is 13.9 Å². The van der Waals surface area contributed by atoms with Crippen LogP contribution in [0.3, 0.4) is 0 Å². The van der Waals surface area contributed by atoms with Crippen molar-refractivity contribution in [3.05, 3.63) is 52.8 Å². The summed E-state index contributed by atoms with van der Waals surface area (Å²) in [6, 6.07) is 13.4. The maximum atomic E-state index is 15.3. The van der Waals surface area contributed by atoms with Gasteiger partial charge in [-0.25, -0.2) is 9.37 Å². The van der Waals surface area contributed by atoms with Crippen molar-refractivity contribution in [3.8, 4) is 17.2 Å². The lowest BCUT2D eigenvalue weighted by molar-refractivity contribution is -0.120. The Morgan fingerprint density at radius 2 is 1.89 bits per heavy atom. The van der Waals surface area contributed by atoms with Gasteiger partial charge in [0.05, 0.1) is 22.7 Å². The number of carbonyl (C=O) groups excluding carboxylic acids is 1. The minimum atomic E-state index is -0.816. The number of halogens is 1. The third-order valence-corrected chi connectivity index (χ3v) is 6.89. The average Bonchev–Trinajstić information content (AvgIpc) is 3.42. The summed E-state index contributed by atoms with van der Waals surface area (Å²) in [4.78, 5) is 16.4. The first kappa shape index (κ1) is 24.5. The van der Waals surface area contributed by atoms with Crippen molar-refractivity contribution in [1.29, 1.82) is 16.1 Å². The molecule has 0 atom stereocenters. The Morgan fingerprint density at radius 3 is 2.49 bits per heavy atom. The van der Waals surface area contributed by atoms with Crippen molar-refractivity contribution in [3.63, 3.8) is 0 Å². The number of nitrogens with one attached hydrogen (secondary N) is 3. The molecule has 0 aliphatic heterocycles. The SMILES string of the molecule is CC(C)(C)c1ccc(-c2ccc3nc(CC(=N)OC(=N)CC(=O)NC4(C#N)CC4)sc3c2F)cc1. The summed E-state index contributed by atoms with van der Waals surface area (Å²) in [5.41, 5.74) is 2.12. The number of hydrogen-bond acceptors (Lipinski definition) is 7. The van der Waals surface area contributed by atoms with Crippen LogP contribution in [0.4, 0.5) is 4.39 Å². The molecular formula is C26H26FN5O2S. The van der Waals surface area contributed by atoms with E-state index in [2.05, 4.69) is 31.1 Å². The molecule has 3 aromatic rings. The predicted octanol–water partition coefficient (Wildman–Crippen LogP) is 5.48. The number of nitriles is 1. The summed E-state index contributed by atoms with van der Waals surface area (Å²) < 4.78 is 20.9. The standard InChI is InChI=1S/C26H26FN5O2S/c1-25(2,3)16-6-4-15(5-7-16)17-8-9-18-24(23(17)27)35-22(31-18)13-20(30)34-19(29)12-21(33)32-26(14-28)10-11-26/h4-9,29-30H,10-13H2,1-3H3,(H,32,33). The number of amides is 1. The van der Waals surface area contributed by atoms with E-state index in [9.17, 15) is 4.79 Å². The van der Waals surface area contributed by atoms with Crippen LogP contribution in [0, 0.1) is 28.0 Å². The van der Waals surface area contributed by atoms with Crippen LogP contribution in [-0.2, 0) is 21.4 Å². The second-order valence-electron chi connectivity index (χ2n) is 9.75. The molecule has 1 heterocycles. The summed E-state index contributed by atoms with van der Waals surface area (Å²) in [6.07, 6.45) is 0.799. The Kier molecular flexibility index (Phi) is 6.43. The Morgan fingerprint density at radius 1 is 1.20 bits per heavy atom. The van der Waals surface area contributed by atoms with Crippen molar-refractivity contribution in [1.82, 2.24) is 10.3 Å². The fourth-order valence-electron chi connectivity index (χ4n) is 3.66. The Hall–Kier alpha value is -3.64. The van der Waals surface area contributed by atoms with E-state index in [1.54, 1.807) is 12.1 Å². The number of fused-ring (bicyclic) bond motifs is 1. The molecular weight excluding hydrogens is 465 g/mol. The molecule has 1 aliphatic rings. The molecule has 0 bridgehead atoms. The molecule has 1 aromatic heterocycles. The number of carbonyl (C=O) groups is 1. The molecule has 4 rings (SSSR count). The highest BCUT2D eigenvalue weighted by molar-refractivity contribution is 7.18. The summed E-state index contributed by atoms with van der Waals surface area (Å²) in [6.45, 7) is 6.38. The second kappa shape index (κ2) is 9.19. The molecule has 0 saturated heterocycles. The zero-order chi connectivity index (χ0) is 25.4. The van der Waals surface area contributed by atoms with Gasteiger partial charge in [-0.3, -0.25) is 15.6 Å². The molecule has 0 radical (unpaired) electrons. The normalized spacial score (nSPS) is 14.3. The number of rotatable bonds is 6. The molecule has 1 amide bonds. The van der Waals surface area contributed by atoms with Crippen LogP contribution in [0.5, 0.6) is 0 Å². The summed E-state index contributed by atoms with van der Waals surface area (Å²) in [5, 5.41) is 28.0. The molecule has 2 aromatic carbocycles. The fourth-order valence-corrected chi connectivity index (χ4v) is 4.66. The van der Waals surface area contributed by atoms with E-state index < -0.39 is 17.3 Å². The monoisotopic (exact) mass is 491 g/mol. The number of nitrogens with zero attached hydrogens (tertiary/aromatic N) is 2. The molecule has 0 unspecified atom stereocenters. The molecule has 35 heavy (non-hydrogen) atoms. The fraction of sp³-hybridized carbons (Fsp3) is 0.346. The van der Waals surface area contributed by atoms with Gasteiger partial charge in [0.1, 0.15) is 22.8 Å². The molecule has 3 N–H and O–H groups in total. The molecule has 1 fully saturated rings. The van der Waals surface area contributed by atoms with Gasteiger partial charge in [-0.05, 0) is 41.5 Å². The highest BCUT2D eigenvalue weighted by atomic mass is 32.1. The van der Waals surface area contributed by atoms with E-state index >= 15 is 4.39 Å². The molecule has 180 valence electrons. The summed E-state index contributed by atoms with van der Waals surface area (Å²) >= 11 is 1.14. The topological polar surface area (TPSA) is 123 Å². The van der Waals surface area contributed by atoms with Crippen LogP contribution < -0.4 is 5.32 Å². The van der Waals surface area contributed by atoms with E-state index in [1.807, 2.05) is 30.3 Å². The number of hydrogen-bond donors (Lipinski definition) is 3. The Labute approximate surface area is 207 Å². The van der Waals surface area contributed by atoms with Gasteiger partial charge in [0.25, 0.3) is 0 Å². The average molecular weight is 492 g/mol. The number of benzene rings is 2. The smallest absolute Gasteiger partial charge is 0.230 e. The minimum absolute atomic E-state index is 0.0102. The molecule has 1 aliphatic carbocycles. The van der Waals surface area contributed by atoms with Gasteiger partial charge >= 0.3 is 0 Å². The van der Waals surface area contributed by atoms with Crippen LogP contribution in [0.1, 0.15) is 50.6 Å². The van der Waals surface area contributed by atoms with E-state index in [1.165, 1.54) is 5.56 Å². The van der Waals surface area contributed by atoms with Gasteiger partial charge < -0.3 is 10.1 Å². The lowest BCUT2D eigenvalue weighted by Crippen LogP contribution is -2.37. The zero-order valence-electron chi connectivity index (χ0n) is 19.8. The van der Waals surface area contributed by atoms with Crippen molar-refractivity contribution >= 4 is 39.3 Å². The molecule has 9 heteroatoms. The first-order valence-corrected chi connectivity index (χ1v) is 12.1. The Bertz CT molecular complexity index is 1360. The largest absolute Gasteiger partial charge is 0.429 e. The van der Waals surface area contributed by atoms with E-state index in [0.29, 0.717) is 33.6 Å². The predicted molar refractivity (Wildman–Crippen MR) is 134 cm³/mol. The van der Waals surface area contributed by atoms with Crippen molar-refractivity contribution in [2.75, 3.05) is 0 Å². The van der Waals surface area contributed by atoms with Gasteiger partial charge in [0, 0.05) is 5.56 Å². The third kappa shape index (κ3) is 5.54. The van der Waals surface area contributed by atoms with Gasteiger partial charge in [-0.15, -0.1) is 11.3 Å². The first-order valence-electron chi connectivity index (χ1n) is 11.2. The molecule has 1 saturated carbocycles. The van der Waals surface area contributed by atoms with Gasteiger partial charge in [-0.1, -0.05) is 45.0 Å².